The molecule has 0 spiro atoms. The Morgan fingerprint density at radius 2 is 1.88 bits per heavy atom. The lowest BCUT2D eigenvalue weighted by molar-refractivity contribution is -0.385. The van der Waals surface area contributed by atoms with Crippen molar-refractivity contribution >= 4 is 35.4 Å². The number of nitro groups is 1. The smallest absolute Gasteiger partial charge is 0.335 e. The molecule has 0 saturated carbocycles. The first-order valence-corrected chi connectivity index (χ1v) is 10.1. The Hall–Kier alpha value is -4.44. The third-order valence-electron chi connectivity index (χ3n) is 4.56. The van der Waals surface area contributed by atoms with E-state index >= 15 is 0 Å². The molecule has 0 bridgehead atoms. The van der Waals surface area contributed by atoms with Crippen LogP contribution in [-0.2, 0) is 6.61 Å². The molecular weight excluding hydrogens is 466 g/mol. The van der Waals surface area contributed by atoms with Crippen molar-refractivity contribution in [3.05, 3.63) is 98.1 Å². The Kier molecular flexibility index (Phi) is 7.78. The van der Waals surface area contributed by atoms with Crippen molar-refractivity contribution in [1.29, 1.82) is 0 Å². The summed E-state index contributed by atoms with van der Waals surface area (Å²) in [5.74, 6) is -1.18. The fourth-order valence-corrected chi connectivity index (χ4v) is 3.18. The van der Waals surface area contributed by atoms with Gasteiger partial charge in [0.1, 0.15) is 12.2 Å². The van der Waals surface area contributed by atoms with E-state index in [0.29, 0.717) is 11.3 Å². The number of aromatic carboxylic acids is 1. The fourth-order valence-electron chi connectivity index (χ4n) is 2.90. The van der Waals surface area contributed by atoms with E-state index in [9.17, 15) is 19.7 Å². The van der Waals surface area contributed by atoms with Crippen molar-refractivity contribution in [3.63, 3.8) is 0 Å². The zero-order valence-electron chi connectivity index (χ0n) is 17.7. The zero-order valence-corrected chi connectivity index (χ0v) is 18.5. The van der Waals surface area contributed by atoms with Crippen LogP contribution in [0.1, 0.15) is 31.8 Å². The maximum atomic E-state index is 12.2. The van der Waals surface area contributed by atoms with E-state index in [1.54, 1.807) is 18.2 Å². The van der Waals surface area contributed by atoms with Gasteiger partial charge in [-0.05, 0) is 41.5 Å². The molecule has 174 valence electrons. The number of nitro benzene ring substituents is 1. The summed E-state index contributed by atoms with van der Waals surface area (Å²) >= 11 is 6.33. The van der Waals surface area contributed by atoms with Crippen LogP contribution >= 0.6 is 11.6 Å². The first-order valence-electron chi connectivity index (χ1n) is 9.69. The fraction of sp³-hybridized carbons (Fsp3) is 0.0870. The van der Waals surface area contributed by atoms with E-state index in [0.717, 1.165) is 5.56 Å². The molecule has 0 unspecified atom stereocenters. The van der Waals surface area contributed by atoms with Gasteiger partial charge in [0.2, 0.25) is 0 Å². The summed E-state index contributed by atoms with van der Waals surface area (Å²) in [4.78, 5) is 33.6. The van der Waals surface area contributed by atoms with Gasteiger partial charge in [-0.15, -0.1) is 0 Å². The van der Waals surface area contributed by atoms with Crippen LogP contribution in [0.5, 0.6) is 11.5 Å². The van der Waals surface area contributed by atoms with E-state index < -0.39 is 16.8 Å². The second-order valence-electron chi connectivity index (χ2n) is 6.80. The van der Waals surface area contributed by atoms with Crippen molar-refractivity contribution in [3.8, 4) is 11.5 Å². The lowest BCUT2D eigenvalue weighted by atomic mass is 10.1. The quantitative estimate of drug-likeness (QED) is 0.262. The van der Waals surface area contributed by atoms with Crippen LogP contribution in [-0.4, -0.2) is 35.2 Å². The molecule has 0 aliphatic heterocycles. The minimum Gasteiger partial charge on any atom is -0.493 e. The van der Waals surface area contributed by atoms with Crippen molar-refractivity contribution in [2.75, 3.05) is 7.11 Å². The highest BCUT2D eigenvalue weighted by atomic mass is 35.5. The number of nitrogens with zero attached hydrogens (tertiary/aromatic N) is 2. The van der Waals surface area contributed by atoms with Crippen LogP contribution in [0, 0.1) is 10.1 Å². The molecule has 2 N–H and O–H groups in total. The third kappa shape index (κ3) is 5.87. The number of para-hydroxylation sites is 1. The average molecular weight is 484 g/mol. The first kappa shape index (κ1) is 24.2. The number of hydrogen-bond acceptors (Lipinski definition) is 7. The molecule has 0 atom stereocenters. The van der Waals surface area contributed by atoms with Crippen LogP contribution in [0.2, 0.25) is 5.02 Å². The summed E-state index contributed by atoms with van der Waals surface area (Å²) < 4.78 is 11.1. The normalized spacial score (nSPS) is 10.6. The number of carboxylic acid groups (broad SMARTS) is 1. The molecule has 34 heavy (non-hydrogen) atoms. The van der Waals surface area contributed by atoms with Gasteiger partial charge in [-0.2, -0.15) is 5.10 Å². The number of rotatable bonds is 9. The Balaban J connectivity index is 1.70. The second-order valence-corrected chi connectivity index (χ2v) is 7.21. The number of benzene rings is 3. The Morgan fingerprint density at radius 3 is 2.53 bits per heavy atom. The minimum atomic E-state index is -1.02. The van der Waals surface area contributed by atoms with Gasteiger partial charge in [0.25, 0.3) is 11.6 Å². The van der Waals surface area contributed by atoms with Gasteiger partial charge in [0.05, 0.1) is 28.8 Å². The highest BCUT2D eigenvalue weighted by Gasteiger charge is 2.18. The number of halogens is 1. The minimum absolute atomic E-state index is 0.120. The summed E-state index contributed by atoms with van der Waals surface area (Å²) in [6, 6.07) is 14.8. The standard InChI is InChI=1S/C23H18ClN3O7/c1-33-20-11-15(12-25-26-22(28)17-4-2-3-5-19(17)27(31)32)10-18(24)21(20)34-13-14-6-8-16(9-7-14)23(29)30/h2-12H,13H2,1H3,(H,26,28)(H,29,30). The Bertz CT molecular complexity index is 1260. The molecule has 0 saturated heterocycles. The largest absolute Gasteiger partial charge is 0.493 e. The van der Waals surface area contributed by atoms with E-state index in [4.69, 9.17) is 26.2 Å². The molecule has 0 heterocycles. The molecule has 3 aromatic carbocycles. The molecular formula is C23H18ClN3O7. The lowest BCUT2D eigenvalue weighted by Gasteiger charge is -2.13. The monoisotopic (exact) mass is 483 g/mol. The van der Waals surface area contributed by atoms with E-state index in [1.165, 1.54) is 55.8 Å². The summed E-state index contributed by atoms with van der Waals surface area (Å²) in [5, 5.41) is 24.1. The van der Waals surface area contributed by atoms with E-state index in [1.807, 2.05) is 0 Å². The number of methoxy groups -OCH3 is 1. The molecule has 1 amide bonds. The Morgan fingerprint density at radius 1 is 1.18 bits per heavy atom. The molecule has 0 aliphatic carbocycles. The van der Waals surface area contributed by atoms with Crippen molar-refractivity contribution in [2.24, 2.45) is 5.10 Å². The topological polar surface area (TPSA) is 140 Å². The molecule has 0 aliphatic rings. The van der Waals surface area contributed by atoms with Crippen LogP contribution in [0.15, 0.2) is 65.8 Å². The van der Waals surface area contributed by atoms with Gasteiger partial charge in [-0.25, -0.2) is 10.2 Å². The number of ether oxygens (including phenoxy) is 2. The molecule has 3 rings (SSSR count). The highest BCUT2D eigenvalue weighted by Crippen LogP contribution is 2.36. The van der Waals surface area contributed by atoms with E-state index in [-0.39, 0.29) is 34.2 Å². The van der Waals surface area contributed by atoms with Crippen molar-refractivity contribution in [1.82, 2.24) is 5.43 Å². The van der Waals surface area contributed by atoms with Gasteiger partial charge in [-0.3, -0.25) is 14.9 Å². The summed E-state index contributed by atoms with van der Waals surface area (Å²) in [6.07, 6.45) is 1.30. The van der Waals surface area contributed by atoms with Gasteiger partial charge < -0.3 is 14.6 Å². The molecule has 0 radical (unpaired) electrons. The second kappa shape index (κ2) is 10.9. The third-order valence-corrected chi connectivity index (χ3v) is 4.84. The Labute approximate surface area is 198 Å². The summed E-state index contributed by atoms with van der Waals surface area (Å²) in [6.45, 7) is 0.120. The molecule has 3 aromatic rings. The molecule has 10 nitrogen and oxygen atoms in total. The maximum absolute atomic E-state index is 12.2. The molecule has 11 heteroatoms. The van der Waals surface area contributed by atoms with Crippen molar-refractivity contribution < 1.29 is 29.1 Å². The van der Waals surface area contributed by atoms with Gasteiger partial charge >= 0.3 is 5.97 Å². The van der Waals surface area contributed by atoms with Crippen LogP contribution < -0.4 is 14.9 Å². The number of hydrogen-bond donors (Lipinski definition) is 2. The molecule has 0 fully saturated rings. The number of carbonyl (C=O) groups is 2. The predicted molar refractivity (Wildman–Crippen MR) is 124 cm³/mol. The maximum Gasteiger partial charge on any atom is 0.335 e. The average Bonchev–Trinajstić information content (AvgIpc) is 2.83. The van der Waals surface area contributed by atoms with Crippen LogP contribution in [0.3, 0.4) is 0 Å². The number of hydrazone groups is 1. The number of carbonyl (C=O) groups excluding carboxylic acids is 1. The SMILES string of the molecule is COc1cc(C=NNC(=O)c2ccccc2[N+](=O)[O-])cc(Cl)c1OCc1ccc(C(=O)O)cc1. The predicted octanol–water partition coefficient (Wildman–Crippen LogP) is 4.30. The highest BCUT2D eigenvalue weighted by molar-refractivity contribution is 6.32. The zero-order chi connectivity index (χ0) is 24.7. The first-order chi connectivity index (χ1) is 16.3. The van der Waals surface area contributed by atoms with Gasteiger partial charge in [0.15, 0.2) is 11.5 Å². The van der Waals surface area contributed by atoms with Gasteiger partial charge in [-0.1, -0.05) is 35.9 Å². The molecule has 0 aromatic heterocycles. The number of carboxylic acids is 1. The summed E-state index contributed by atoms with van der Waals surface area (Å²) in [7, 11) is 1.43. The van der Waals surface area contributed by atoms with E-state index in [2.05, 4.69) is 10.5 Å². The van der Waals surface area contributed by atoms with Crippen LogP contribution in [0.25, 0.3) is 0 Å². The van der Waals surface area contributed by atoms with Crippen LogP contribution in [0.4, 0.5) is 5.69 Å². The summed E-state index contributed by atoms with van der Waals surface area (Å²) in [5.41, 5.74) is 3.15. The van der Waals surface area contributed by atoms with Crippen molar-refractivity contribution in [2.45, 2.75) is 6.61 Å². The number of nitrogens with one attached hydrogen (secondary N) is 1. The number of amides is 1. The lowest BCUT2D eigenvalue weighted by Crippen LogP contribution is -2.18. The van der Waals surface area contributed by atoms with Gasteiger partial charge in [0, 0.05) is 6.07 Å².